The van der Waals surface area contributed by atoms with Crippen LogP contribution in [0.25, 0.3) is 0 Å². The lowest BCUT2D eigenvalue weighted by atomic mass is 10.3. The van der Waals surface area contributed by atoms with Gasteiger partial charge in [0, 0.05) is 11.8 Å². The van der Waals surface area contributed by atoms with Gasteiger partial charge in [-0.2, -0.15) is 0 Å². The molecule has 1 rings (SSSR count). The zero-order chi connectivity index (χ0) is 12.8. The van der Waals surface area contributed by atoms with Gasteiger partial charge in [-0.05, 0) is 32.0 Å². The minimum Gasteiger partial charge on any atom is -0.315 e. The van der Waals surface area contributed by atoms with Crippen LogP contribution in [0.4, 0.5) is 0 Å². The maximum atomic E-state index is 12.1. The van der Waals surface area contributed by atoms with Gasteiger partial charge in [-0.15, -0.1) is 0 Å². The van der Waals surface area contributed by atoms with E-state index in [9.17, 15) is 4.21 Å². The summed E-state index contributed by atoms with van der Waals surface area (Å²) in [7, 11) is -1.13. The van der Waals surface area contributed by atoms with Crippen LogP contribution < -0.4 is 5.32 Å². The average molecular weight is 294 g/mol. The molecule has 96 valence electrons. The summed E-state index contributed by atoms with van der Waals surface area (Å²) in [5.74, 6) is 0.567. The first-order valence-electron chi connectivity index (χ1n) is 5.62. The lowest BCUT2D eigenvalue weighted by Crippen LogP contribution is -2.27. The molecule has 17 heavy (non-hydrogen) atoms. The Morgan fingerprint density at radius 1 is 1.35 bits per heavy atom. The summed E-state index contributed by atoms with van der Waals surface area (Å²) in [5.41, 5.74) is 0. The minimum atomic E-state index is -1.13. The third-order valence-corrected chi connectivity index (χ3v) is 4.79. The second kappa shape index (κ2) is 7.37. The molecule has 1 aromatic rings. The normalized spacial score (nSPS) is 14.6. The molecule has 0 aliphatic carbocycles. The van der Waals surface area contributed by atoms with Gasteiger partial charge in [-0.3, -0.25) is 4.21 Å². The van der Waals surface area contributed by atoms with Crippen molar-refractivity contribution in [3.8, 4) is 0 Å². The summed E-state index contributed by atoms with van der Waals surface area (Å²) in [6, 6.07) is 5.54. The second-order valence-electron chi connectivity index (χ2n) is 3.85. The number of hydrogen-bond donors (Lipinski definition) is 1. The number of benzene rings is 1. The molecule has 1 aromatic carbocycles. The van der Waals surface area contributed by atoms with Crippen molar-refractivity contribution in [2.75, 3.05) is 12.3 Å². The molecule has 2 atom stereocenters. The highest BCUT2D eigenvalue weighted by Gasteiger charge is 2.13. The maximum absolute atomic E-state index is 12.1. The molecule has 0 amide bonds. The van der Waals surface area contributed by atoms with E-state index < -0.39 is 10.8 Å². The molecule has 0 aliphatic rings. The fraction of sp³-hybridized carbons (Fsp3) is 0.500. The van der Waals surface area contributed by atoms with Crippen LogP contribution in [0.5, 0.6) is 0 Å². The molecule has 0 aromatic heterocycles. The summed E-state index contributed by atoms with van der Waals surface area (Å²) >= 11 is 12.0. The van der Waals surface area contributed by atoms with Crippen molar-refractivity contribution in [2.24, 2.45) is 0 Å². The number of hydrogen-bond acceptors (Lipinski definition) is 2. The van der Waals surface area contributed by atoms with Crippen molar-refractivity contribution in [3.63, 3.8) is 0 Å². The van der Waals surface area contributed by atoms with E-state index in [0.29, 0.717) is 26.7 Å². The fourth-order valence-corrected chi connectivity index (χ4v) is 3.79. The average Bonchev–Trinajstić information content (AvgIpc) is 2.26. The Morgan fingerprint density at radius 3 is 2.47 bits per heavy atom. The van der Waals surface area contributed by atoms with Gasteiger partial charge in [0.2, 0.25) is 0 Å². The number of rotatable bonds is 6. The molecule has 0 saturated heterocycles. The smallest absolute Gasteiger partial charge is 0.0760 e. The van der Waals surface area contributed by atoms with Crippen LogP contribution in [0.3, 0.4) is 0 Å². The first-order chi connectivity index (χ1) is 8.06. The Hall–Kier alpha value is -0.0900. The van der Waals surface area contributed by atoms with Gasteiger partial charge in [0.1, 0.15) is 0 Å². The van der Waals surface area contributed by atoms with E-state index in [1.807, 2.05) is 0 Å². The van der Waals surface area contributed by atoms with Crippen molar-refractivity contribution in [2.45, 2.75) is 31.2 Å². The Balaban J connectivity index is 2.64. The van der Waals surface area contributed by atoms with Gasteiger partial charge in [0.25, 0.3) is 0 Å². The van der Waals surface area contributed by atoms with Crippen LogP contribution in [-0.2, 0) is 10.8 Å². The van der Waals surface area contributed by atoms with Crippen molar-refractivity contribution in [1.82, 2.24) is 5.32 Å². The van der Waals surface area contributed by atoms with Crippen molar-refractivity contribution >= 4 is 34.0 Å². The summed E-state index contributed by atoms with van der Waals surface area (Å²) in [4.78, 5) is 0.555. The number of halogens is 2. The first-order valence-corrected chi connectivity index (χ1v) is 7.69. The lowest BCUT2D eigenvalue weighted by Gasteiger charge is -2.12. The van der Waals surface area contributed by atoms with E-state index in [2.05, 4.69) is 19.2 Å². The van der Waals surface area contributed by atoms with Gasteiger partial charge in [-0.25, -0.2) is 0 Å². The van der Waals surface area contributed by atoms with Gasteiger partial charge >= 0.3 is 0 Å². The predicted octanol–water partition coefficient (Wildman–Crippen LogP) is 3.49. The van der Waals surface area contributed by atoms with Crippen molar-refractivity contribution in [3.05, 3.63) is 28.2 Å². The van der Waals surface area contributed by atoms with Gasteiger partial charge < -0.3 is 5.32 Å². The van der Waals surface area contributed by atoms with Crippen molar-refractivity contribution < 1.29 is 4.21 Å². The monoisotopic (exact) mass is 293 g/mol. The minimum absolute atomic E-state index is 0.352. The van der Waals surface area contributed by atoms with E-state index in [4.69, 9.17) is 23.2 Å². The van der Waals surface area contributed by atoms with Crippen LogP contribution in [-0.4, -0.2) is 22.5 Å². The highest BCUT2D eigenvalue weighted by atomic mass is 35.5. The predicted molar refractivity (Wildman–Crippen MR) is 75.5 cm³/mol. The van der Waals surface area contributed by atoms with E-state index in [1.165, 1.54) is 0 Å². The molecule has 0 aliphatic heterocycles. The van der Waals surface area contributed by atoms with E-state index in [-0.39, 0.29) is 0 Å². The van der Waals surface area contributed by atoms with Crippen molar-refractivity contribution in [1.29, 1.82) is 0 Å². The topological polar surface area (TPSA) is 29.1 Å². The largest absolute Gasteiger partial charge is 0.315 e. The molecule has 0 fully saturated rings. The highest BCUT2D eigenvalue weighted by Crippen LogP contribution is 2.28. The molecular formula is C12H17Cl2NOS. The van der Waals surface area contributed by atoms with Gasteiger partial charge in [0.05, 0.1) is 25.7 Å². The molecular weight excluding hydrogens is 277 g/mol. The standard InChI is InChI=1S/C12H17Cl2NOS/c1-3-15-9(2)7-8-17(16)12-10(13)5-4-6-11(12)14/h4-6,9,15H,3,7-8H2,1-2H3. The SMILES string of the molecule is CCNC(C)CCS(=O)c1c(Cl)cccc1Cl. The molecule has 0 heterocycles. The van der Waals surface area contributed by atoms with Crippen LogP contribution in [0, 0.1) is 0 Å². The van der Waals surface area contributed by atoms with Crippen LogP contribution in [0.2, 0.25) is 10.0 Å². The summed E-state index contributed by atoms with van der Waals surface area (Å²) in [5, 5.41) is 4.24. The van der Waals surface area contributed by atoms with Gasteiger partial charge in [0.15, 0.2) is 0 Å². The Bertz CT molecular complexity index is 378. The summed E-state index contributed by atoms with van der Waals surface area (Å²) in [6.07, 6.45) is 0.835. The molecule has 2 nitrogen and oxygen atoms in total. The molecule has 0 saturated carbocycles. The van der Waals surface area contributed by atoms with Crippen LogP contribution in [0.15, 0.2) is 23.1 Å². The molecule has 0 radical (unpaired) electrons. The third kappa shape index (κ3) is 4.59. The van der Waals surface area contributed by atoms with E-state index in [1.54, 1.807) is 18.2 Å². The summed E-state index contributed by atoms with van der Waals surface area (Å²) in [6.45, 7) is 5.05. The number of nitrogens with one attached hydrogen (secondary N) is 1. The zero-order valence-electron chi connectivity index (χ0n) is 10.0. The molecule has 0 spiro atoms. The van der Waals surface area contributed by atoms with Crippen LogP contribution in [0.1, 0.15) is 20.3 Å². The van der Waals surface area contributed by atoms with Gasteiger partial charge in [-0.1, -0.05) is 36.2 Å². The second-order valence-corrected chi connectivity index (χ2v) is 6.17. The maximum Gasteiger partial charge on any atom is 0.0760 e. The highest BCUT2D eigenvalue weighted by molar-refractivity contribution is 7.85. The summed E-state index contributed by atoms with van der Waals surface area (Å²) < 4.78 is 12.1. The molecule has 0 bridgehead atoms. The Morgan fingerprint density at radius 2 is 1.94 bits per heavy atom. The Kier molecular flexibility index (Phi) is 6.49. The molecule has 2 unspecified atom stereocenters. The zero-order valence-corrected chi connectivity index (χ0v) is 12.3. The quantitative estimate of drug-likeness (QED) is 0.870. The first kappa shape index (κ1) is 15.0. The molecule has 1 N–H and O–H groups in total. The van der Waals surface area contributed by atoms with E-state index in [0.717, 1.165) is 13.0 Å². The van der Waals surface area contributed by atoms with Crippen LogP contribution >= 0.6 is 23.2 Å². The third-order valence-electron chi connectivity index (χ3n) is 2.44. The Labute approximate surface area is 115 Å². The van der Waals surface area contributed by atoms with E-state index >= 15 is 0 Å². The lowest BCUT2D eigenvalue weighted by molar-refractivity contribution is 0.553. The molecule has 5 heteroatoms. The fourth-order valence-electron chi connectivity index (χ4n) is 1.54.